The van der Waals surface area contributed by atoms with Gasteiger partial charge in [-0.15, -0.1) is 0 Å². The molecule has 1 aromatic carbocycles. The van der Waals surface area contributed by atoms with Crippen LogP contribution in [0.15, 0.2) is 18.2 Å². The Balaban J connectivity index is 3.23. The van der Waals surface area contributed by atoms with E-state index in [4.69, 9.17) is 5.73 Å². The van der Waals surface area contributed by atoms with E-state index in [1.54, 1.807) is 0 Å². The molecule has 0 fully saturated rings. The summed E-state index contributed by atoms with van der Waals surface area (Å²) in [6.45, 7) is -0.787. The van der Waals surface area contributed by atoms with Crippen LogP contribution in [0.1, 0.15) is 16.7 Å². The van der Waals surface area contributed by atoms with Gasteiger partial charge in [-0.05, 0) is 23.8 Å². The molecule has 0 radical (unpaired) electrons. The molecule has 0 aromatic heterocycles. The molecule has 0 bridgehead atoms. The maximum Gasteiger partial charge on any atom is 0.416 e. The number of carbonyl (C=O) groups is 1. The van der Waals surface area contributed by atoms with E-state index < -0.39 is 35.9 Å². The number of likely N-dealkylation sites (N-methyl/N-ethyl adjacent to an activating group) is 1. The largest absolute Gasteiger partial charge is 0.416 e. The fraction of sp³-hybridized carbons (Fsp3) is 0.417. The van der Waals surface area contributed by atoms with E-state index in [0.717, 1.165) is 4.90 Å². The van der Waals surface area contributed by atoms with Crippen LogP contribution in [0.25, 0.3) is 0 Å². The first-order chi connectivity index (χ1) is 9.45. The molecule has 1 amide bonds. The molecule has 2 N–H and O–H groups in total. The maximum absolute atomic E-state index is 12.6. The predicted octanol–water partition coefficient (Wildman–Crippen LogP) is 2.64. The zero-order valence-electron chi connectivity index (χ0n) is 10.8. The second kappa shape index (κ2) is 5.92. The number of halogens is 6. The smallest absolute Gasteiger partial charge is 0.340 e. The van der Waals surface area contributed by atoms with Gasteiger partial charge in [-0.2, -0.15) is 26.3 Å². The number of nitrogens with zero attached hydrogens (tertiary/aromatic N) is 1. The Kier molecular flexibility index (Phi) is 4.87. The van der Waals surface area contributed by atoms with E-state index in [-0.39, 0.29) is 18.2 Å². The van der Waals surface area contributed by atoms with Crippen LogP contribution in [0.5, 0.6) is 0 Å². The van der Waals surface area contributed by atoms with E-state index in [1.807, 2.05) is 0 Å². The second-order valence-corrected chi connectivity index (χ2v) is 4.37. The number of amides is 1. The van der Waals surface area contributed by atoms with Crippen molar-refractivity contribution in [3.63, 3.8) is 0 Å². The Hall–Kier alpha value is -1.77. The van der Waals surface area contributed by atoms with Crippen molar-refractivity contribution >= 4 is 5.91 Å². The number of hydrogen-bond acceptors (Lipinski definition) is 2. The second-order valence-electron chi connectivity index (χ2n) is 4.37. The third-order valence-electron chi connectivity index (χ3n) is 2.67. The van der Waals surface area contributed by atoms with Crippen LogP contribution in [0.2, 0.25) is 0 Å². The number of hydrogen-bond donors (Lipinski definition) is 1. The summed E-state index contributed by atoms with van der Waals surface area (Å²) in [5, 5.41) is 0. The highest BCUT2D eigenvalue weighted by molar-refractivity contribution is 5.77. The van der Waals surface area contributed by atoms with Gasteiger partial charge in [0.15, 0.2) is 0 Å². The first-order valence-electron chi connectivity index (χ1n) is 5.67. The van der Waals surface area contributed by atoms with Crippen LogP contribution in [0.4, 0.5) is 26.3 Å². The van der Waals surface area contributed by atoms with Crippen LogP contribution in [-0.4, -0.2) is 24.4 Å². The topological polar surface area (TPSA) is 46.3 Å². The fourth-order valence-electron chi connectivity index (χ4n) is 1.63. The lowest BCUT2D eigenvalue weighted by Crippen LogP contribution is -2.32. The third-order valence-corrected chi connectivity index (χ3v) is 2.67. The molecule has 0 saturated heterocycles. The molecule has 0 saturated carbocycles. The minimum Gasteiger partial charge on any atom is -0.340 e. The maximum atomic E-state index is 12.6. The van der Waals surface area contributed by atoms with Gasteiger partial charge < -0.3 is 10.6 Å². The highest BCUT2D eigenvalue weighted by atomic mass is 19.4. The van der Waals surface area contributed by atoms with Crippen LogP contribution < -0.4 is 5.73 Å². The summed E-state index contributed by atoms with van der Waals surface area (Å²) in [7, 11) is 1.24. The minimum atomic E-state index is -4.91. The molecule has 3 nitrogen and oxygen atoms in total. The van der Waals surface area contributed by atoms with Gasteiger partial charge in [-0.1, -0.05) is 0 Å². The van der Waals surface area contributed by atoms with Crippen molar-refractivity contribution in [2.75, 3.05) is 13.6 Å². The molecule has 0 spiro atoms. The molecule has 21 heavy (non-hydrogen) atoms. The Bertz CT molecular complexity index is 491. The van der Waals surface area contributed by atoms with Crippen LogP contribution >= 0.6 is 0 Å². The first kappa shape index (κ1) is 17.3. The molecule has 0 atom stereocenters. The van der Waals surface area contributed by atoms with E-state index in [1.165, 1.54) is 7.05 Å². The lowest BCUT2D eigenvalue weighted by molar-refractivity contribution is -0.143. The summed E-state index contributed by atoms with van der Waals surface area (Å²) in [5.41, 5.74) is 1.97. The van der Waals surface area contributed by atoms with E-state index in [0.29, 0.717) is 12.1 Å². The van der Waals surface area contributed by atoms with Gasteiger partial charge in [-0.3, -0.25) is 4.79 Å². The average Bonchev–Trinajstić information content (AvgIpc) is 2.35. The van der Waals surface area contributed by atoms with E-state index in [9.17, 15) is 31.1 Å². The van der Waals surface area contributed by atoms with Gasteiger partial charge in [0, 0.05) is 13.6 Å². The molecule has 0 unspecified atom stereocenters. The summed E-state index contributed by atoms with van der Waals surface area (Å²) in [5.74, 6) is -0.596. The fourth-order valence-corrected chi connectivity index (χ4v) is 1.63. The molecule has 0 aliphatic heterocycles. The Labute approximate surface area is 116 Å². The summed E-state index contributed by atoms with van der Waals surface area (Å²) >= 11 is 0. The number of carbonyl (C=O) groups excluding carboxylic acids is 1. The van der Waals surface area contributed by atoms with Gasteiger partial charge >= 0.3 is 12.4 Å². The molecule has 118 valence electrons. The van der Waals surface area contributed by atoms with Crippen molar-refractivity contribution < 1.29 is 31.1 Å². The predicted molar refractivity (Wildman–Crippen MR) is 62.0 cm³/mol. The number of nitrogens with two attached hydrogens (primary N) is 1. The van der Waals surface area contributed by atoms with Crippen molar-refractivity contribution in [1.82, 2.24) is 4.90 Å². The lowest BCUT2D eigenvalue weighted by Gasteiger charge is -2.19. The van der Waals surface area contributed by atoms with Gasteiger partial charge in [0.2, 0.25) is 5.91 Å². The molecular formula is C12H12F6N2O. The van der Waals surface area contributed by atoms with Crippen molar-refractivity contribution in [3.05, 3.63) is 34.9 Å². The van der Waals surface area contributed by atoms with Gasteiger partial charge in [0.05, 0.1) is 17.7 Å². The Morgan fingerprint density at radius 3 is 1.81 bits per heavy atom. The van der Waals surface area contributed by atoms with Crippen LogP contribution in [-0.2, 0) is 23.7 Å². The summed E-state index contributed by atoms with van der Waals surface area (Å²) in [4.78, 5) is 12.2. The van der Waals surface area contributed by atoms with E-state index in [2.05, 4.69) is 0 Å². The minimum absolute atomic E-state index is 0.0360. The van der Waals surface area contributed by atoms with E-state index >= 15 is 0 Å². The Morgan fingerprint density at radius 1 is 1.05 bits per heavy atom. The SMILES string of the molecule is CN(Cc1cc(C(F)(F)F)cc(C(F)(F)F)c1)C(=O)CN. The number of benzene rings is 1. The lowest BCUT2D eigenvalue weighted by atomic mass is 10.0. The highest BCUT2D eigenvalue weighted by Gasteiger charge is 2.36. The van der Waals surface area contributed by atoms with Crippen LogP contribution in [0, 0.1) is 0 Å². The van der Waals surface area contributed by atoms with Crippen molar-refractivity contribution in [2.45, 2.75) is 18.9 Å². The molecule has 9 heteroatoms. The van der Waals surface area contributed by atoms with Gasteiger partial charge in [0.25, 0.3) is 0 Å². The standard InChI is InChI=1S/C12H12F6N2O/c1-20(10(21)5-19)6-7-2-8(11(13,14)15)4-9(3-7)12(16,17)18/h2-4H,5-6,19H2,1H3. The third kappa shape index (κ3) is 4.62. The normalized spacial score (nSPS) is 12.4. The number of alkyl halides is 6. The zero-order chi connectivity index (χ0) is 16.4. The monoisotopic (exact) mass is 314 g/mol. The first-order valence-corrected chi connectivity index (χ1v) is 5.67. The Morgan fingerprint density at radius 2 is 1.48 bits per heavy atom. The summed E-state index contributed by atoms with van der Waals surface area (Å²) in [6, 6.07) is 1.19. The van der Waals surface area contributed by atoms with Gasteiger partial charge in [0.1, 0.15) is 0 Å². The molecule has 0 aliphatic rings. The number of rotatable bonds is 3. The highest BCUT2D eigenvalue weighted by Crippen LogP contribution is 2.36. The quantitative estimate of drug-likeness (QED) is 0.872. The summed E-state index contributed by atoms with van der Waals surface area (Å²) < 4.78 is 75.8. The van der Waals surface area contributed by atoms with Gasteiger partial charge in [-0.25, -0.2) is 0 Å². The molecule has 1 aromatic rings. The van der Waals surface area contributed by atoms with Crippen molar-refractivity contribution in [2.24, 2.45) is 5.73 Å². The molecular weight excluding hydrogens is 302 g/mol. The zero-order valence-corrected chi connectivity index (χ0v) is 10.8. The molecule has 0 aliphatic carbocycles. The molecule has 0 heterocycles. The van der Waals surface area contributed by atoms with Crippen molar-refractivity contribution in [3.8, 4) is 0 Å². The summed E-state index contributed by atoms with van der Waals surface area (Å²) in [6.07, 6.45) is -9.82. The van der Waals surface area contributed by atoms with Crippen LogP contribution in [0.3, 0.4) is 0 Å². The average molecular weight is 314 g/mol. The molecule has 1 rings (SSSR count). The van der Waals surface area contributed by atoms with Crippen molar-refractivity contribution in [1.29, 1.82) is 0 Å².